The van der Waals surface area contributed by atoms with E-state index >= 15 is 0 Å². The number of para-hydroxylation sites is 1. The predicted octanol–water partition coefficient (Wildman–Crippen LogP) is 5.29. The van der Waals surface area contributed by atoms with Crippen LogP contribution in [-0.2, 0) is 6.54 Å². The number of hydrogen-bond donors (Lipinski definition) is 2. The Kier molecular flexibility index (Phi) is 7.82. The van der Waals surface area contributed by atoms with Crippen LogP contribution in [0.2, 0.25) is 0 Å². The van der Waals surface area contributed by atoms with Gasteiger partial charge in [0.25, 0.3) is 11.8 Å². The Morgan fingerprint density at radius 3 is 2.23 bits per heavy atom. The van der Waals surface area contributed by atoms with Crippen molar-refractivity contribution in [3.8, 4) is 5.75 Å². The molecule has 0 spiro atoms. The SMILES string of the molecule is CC(C)CCOc1ccc(C(=O)Nc2ccccc2C(=O)NCc2ccccc2)cc1. The Morgan fingerprint density at radius 1 is 0.839 bits per heavy atom. The van der Waals surface area contributed by atoms with Crippen LogP contribution < -0.4 is 15.4 Å². The van der Waals surface area contributed by atoms with Gasteiger partial charge in [-0.1, -0.05) is 56.3 Å². The molecule has 0 saturated carbocycles. The van der Waals surface area contributed by atoms with Gasteiger partial charge in [-0.2, -0.15) is 0 Å². The molecule has 2 N–H and O–H groups in total. The highest BCUT2D eigenvalue weighted by Crippen LogP contribution is 2.18. The molecule has 0 aliphatic carbocycles. The highest BCUT2D eigenvalue weighted by Gasteiger charge is 2.14. The lowest BCUT2D eigenvalue weighted by Gasteiger charge is -2.12. The molecular formula is C26H28N2O3. The van der Waals surface area contributed by atoms with Crippen LogP contribution >= 0.6 is 0 Å². The lowest BCUT2D eigenvalue weighted by Crippen LogP contribution is -2.24. The van der Waals surface area contributed by atoms with Crippen molar-refractivity contribution in [2.24, 2.45) is 5.92 Å². The summed E-state index contributed by atoms with van der Waals surface area (Å²) in [5.74, 6) is 0.790. The summed E-state index contributed by atoms with van der Waals surface area (Å²) in [6.45, 7) is 5.36. The second-order valence-corrected chi connectivity index (χ2v) is 7.72. The van der Waals surface area contributed by atoms with Gasteiger partial charge >= 0.3 is 0 Å². The van der Waals surface area contributed by atoms with Gasteiger partial charge in [0.2, 0.25) is 0 Å². The molecule has 0 aliphatic heterocycles. The van der Waals surface area contributed by atoms with Crippen LogP contribution in [0.25, 0.3) is 0 Å². The molecule has 3 aromatic rings. The van der Waals surface area contributed by atoms with Crippen LogP contribution in [0.5, 0.6) is 5.75 Å². The molecule has 5 heteroatoms. The van der Waals surface area contributed by atoms with E-state index in [1.54, 1.807) is 48.5 Å². The zero-order valence-electron chi connectivity index (χ0n) is 17.9. The second kappa shape index (κ2) is 11.0. The van der Waals surface area contributed by atoms with Crippen LogP contribution in [0.1, 0.15) is 46.5 Å². The minimum absolute atomic E-state index is 0.242. The minimum Gasteiger partial charge on any atom is -0.494 e. The monoisotopic (exact) mass is 416 g/mol. The first-order chi connectivity index (χ1) is 15.0. The highest BCUT2D eigenvalue weighted by atomic mass is 16.5. The summed E-state index contributed by atoms with van der Waals surface area (Å²) in [7, 11) is 0. The maximum atomic E-state index is 12.7. The van der Waals surface area contributed by atoms with Gasteiger partial charge in [-0.25, -0.2) is 0 Å². The fourth-order valence-corrected chi connectivity index (χ4v) is 2.97. The normalized spacial score (nSPS) is 10.5. The van der Waals surface area contributed by atoms with Crippen LogP contribution in [0.3, 0.4) is 0 Å². The molecule has 0 aromatic heterocycles. The maximum Gasteiger partial charge on any atom is 0.255 e. The van der Waals surface area contributed by atoms with Gasteiger partial charge in [0.05, 0.1) is 17.9 Å². The smallest absolute Gasteiger partial charge is 0.255 e. The van der Waals surface area contributed by atoms with Crippen molar-refractivity contribution >= 4 is 17.5 Å². The molecule has 0 fully saturated rings. The Morgan fingerprint density at radius 2 is 1.52 bits per heavy atom. The third-order valence-corrected chi connectivity index (χ3v) is 4.80. The molecule has 0 aliphatic rings. The van der Waals surface area contributed by atoms with Gasteiger partial charge in [-0.15, -0.1) is 0 Å². The van der Waals surface area contributed by atoms with Gasteiger partial charge in [-0.3, -0.25) is 9.59 Å². The third-order valence-electron chi connectivity index (χ3n) is 4.80. The Balaban J connectivity index is 1.62. The molecule has 5 nitrogen and oxygen atoms in total. The number of benzene rings is 3. The lowest BCUT2D eigenvalue weighted by molar-refractivity contribution is 0.0952. The van der Waals surface area contributed by atoms with Crippen LogP contribution in [0.15, 0.2) is 78.9 Å². The van der Waals surface area contributed by atoms with Crippen molar-refractivity contribution in [1.82, 2.24) is 5.32 Å². The quantitative estimate of drug-likeness (QED) is 0.498. The number of nitrogens with one attached hydrogen (secondary N) is 2. The average Bonchev–Trinajstić information content (AvgIpc) is 2.79. The van der Waals surface area contributed by atoms with Crippen molar-refractivity contribution in [2.45, 2.75) is 26.8 Å². The summed E-state index contributed by atoms with van der Waals surface area (Å²) >= 11 is 0. The zero-order chi connectivity index (χ0) is 22.1. The van der Waals surface area contributed by atoms with Gasteiger partial charge in [0.1, 0.15) is 5.75 Å². The minimum atomic E-state index is -0.281. The van der Waals surface area contributed by atoms with E-state index in [0.29, 0.717) is 35.9 Å². The Labute approximate surface area is 183 Å². The largest absolute Gasteiger partial charge is 0.494 e. The molecule has 160 valence electrons. The van der Waals surface area contributed by atoms with E-state index in [1.807, 2.05) is 30.3 Å². The highest BCUT2D eigenvalue weighted by molar-refractivity contribution is 6.09. The molecule has 0 saturated heterocycles. The number of amides is 2. The van der Waals surface area contributed by atoms with Crippen LogP contribution in [0.4, 0.5) is 5.69 Å². The number of anilines is 1. The van der Waals surface area contributed by atoms with Crippen molar-refractivity contribution in [1.29, 1.82) is 0 Å². The van der Waals surface area contributed by atoms with E-state index in [9.17, 15) is 9.59 Å². The summed E-state index contributed by atoms with van der Waals surface area (Å²) in [6.07, 6.45) is 0.978. The number of carbonyl (C=O) groups excluding carboxylic acids is 2. The van der Waals surface area contributed by atoms with E-state index < -0.39 is 0 Å². The van der Waals surface area contributed by atoms with E-state index in [0.717, 1.165) is 17.7 Å². The molecule has 0 heterocycles. The molecule has 31 heavy (non-hydrogen) atoms. The fraction of sp³-hybridized carbons (Fsp3) is 0.231. The first-order valence-corrected chi connectivity index (χ1v) is 10.5. The molecule has 3 rings (SSSR count). The standard InChI is InChI=1S/C26H28N2O3/c1-19(2)16-17-31-22-14-12-21(13-15-22)25(29)28-24-11-7-6-10-23(24)26(30)27-18-20-8-4-3-5-9-20/h3-15,19H,16-18H2,1-2H3,(H,27,30)(H,28,29). The number of hydrogen-bond acceptors (Lipinski definition) is 3. The third kappa shape index (κ3) is 6.71. The first-order valence-electron chi connectivity index (χ1n) is 10.5. The summed E-state index contributed by atoms with van der Waals surface area (Å²) in [5, 5.41) is 5.74. The number of carbonyl (C=O) groups is 2. The summed E-state index contributed by atoms with van der Waals surface area (Å²) in [6, 6.07) is 23.7. The zero-order valence-corrected chi connectivity index (χ0v) is 17.9. The summed E-state index contributed by atoms with van der Waals surface area (Å²) < 4.78 is 5.70. The number of rotatable bonds is 9. The summed E-state index contributed by atoms with van der Waals surface area (Å²) in [4.78, 5) is 25.4. The second-order valence-electron chi connectivity index (χ2n) is 7.72. The molecule has 3 aromatic carbocycles. The van der Waals surface area contributed by atoms with E-state index in [4.69, 9.17) is 4.74 Å². The topological polar surface area (TPSA) is 67.4 Å². The Hall–Kier alpha value is -3.60. The lowest BCUT2D eigenvalue weighted by atomic mass is 10.1. The fourth-order valence-electron chi connectivity index (χ4n) is 2.97. The van der Waals surface area contributed by atoms with Gasteiger partial charge < -0.3 is 15.4 Å². The van der Waals surface area contributed by atoms with E-state index in [1.165, 1.54) is 0 Å². The maximum absolute atomic E-state index is 12.7. The van der Waals surface area contributed by atoms with Crippen LogP contribution in [0, 0.1) is 5.92 Å². The summed E-state index contributed by atoms with van der Waals surface area (Å²) in [5.41, 5.74) is 2.39. The Bertz CT molecular complexity index is 999. The van der Waals surface area contributed by atoms with E-state index in [-0.39, 0.29) is 11.8 Å². The van der Waals surface area contributed by atoms with Crippen molar-refractivity contribution < 1.29 is 14.3 Å². The molecular weight excluding hydrogens is 388 g/mol. The van der Waals surface area contributed by atoms with Crippen molar-refractivity contribution in [3.63, 3.8) is 0 Å². The molecule has 0 atom stereocenters. The number of ether oxygens (including phenoxy) is 1. The molecule has 0 unspecified atom stereocenters. The van der Waals surface area contributed by atoms with Crippen molar-refractivity contribution in [3.05, 3.63) is 95.6 Å². The molecule has 0 radical (unpaired) electrons. The van der Waals surface area contributed by atoms with Gasteiger partial charge in [0, 0.05) is 12.1 Å². The molecule has 0 bridgehead atoms. The van der Waals surface area contributed by atoms with Crippen molar-refractivity contribution in [2.75, 3.05) is 11.9 Å². The first kappa shape index (κ1) is 22.1. The van der Waals surface area contributed by atoms with Gasteiger partial charge in [0.15, 0.2) is 0 Å². The molecule has 2 amide bonds. The average molecular weight is 417 g/mol. The van der Waals surface area contributed by atoms with Gasteiger partial charge in [-0.05, 0) is 54.3 Å². The predicted molar refractivity (Wildman–Crippen MR) is 123 cm³/mol. The van der Waals surface area contributed by atoms with E-state index in [2.05, 4.69) is 24.5 Å². The van der Waals surface area contributed by atoms with Crippen LogP contribution in [-0.4, -0.2) is 18.4 Å².